The molecule has 3 rings (SSSR count). The molecule has 1 unspecified atom stereocenters. The van der Waals surface area contributed by atoms with Crippen molar-refractivity contribution in [1.82, 2.24) is 4.72 Å². The largest absolute Gasteiger partial charge is 0.495 e. The Morgan fingerprint density at radius 2 is 1.85 bits per heavy atom. The lowest BCUT2D eigenvalue weighted by Gasteiger charge is -2.21. The van der Waals surface area contributed by atoms with E-state index in [-0.39, 0.29) is 16.3 Å². The van der Waals surface area contributed by atoms with Crippen LogP contribution in [0.5, 0.6) is 17.2 Å². The first-order valence-electron chi connectivity index (χ1n) is 8.06. The average Bonchev–Trinajstić information content (AvgIpc) is 2.66. The minimum atomic E-state index is -3.98. The fraction of sp³-hybridized carbons (Fsp3) is 0.294. The van der Waals surface area contributed by atoms with Crippen LogP contribution in [0.15, 0.2) is 41.3 Å². The van der Waals surface area contributed by atoms with Crippen LogP contribution in [0.2, 0.25) is 0 Å². The second-order valence-electron chi connectivity index (χ2n) is 5.84. The molecule has 2 aromatic carbocycles. The van der Waals surface area contributed by atoms with Crippen LogP contribution in [0, 0.1) is 10.1 Å². The first-order valence-corrected chi connectivity index (χ1v) is 9.54. The van der Waals surface area contributed by atoms with Gasteiger partial charge in [0.25, 0.3) is 5.69 Å². The fourth-order valence-electron chi connectivity index (χ4n) is 2.69. The van der Waals surface area contributed by atoms with E-state index < -0.39 is 21.0 Å². The van der Waals surface area contributed by atoms with E-state index >= 15 is 0 Å². The Bertz CT molecular complexity index is 975. The zero-order valence-electron chi connectivity index (χ0n) is 14.7. The highest BCUT2D eigenvalue weighted by atomic mass is 32.2. The summed E-state index contributed by atoms with van der Waals surface area (Å²) >= 11 is 0. The van der Waals surface area contributed by atoms with Gasteiger partial charge in [-0.2, -0.15) is 0 Å². The molecule has 9 nitrogen and oxygen atoms in total. The lowest BCUT2D eigenvalue weighted by Crippen LogP contribution is -2.27. The van der Waals surface area contributed by atoms with Crippen LogP contribution in [0.1, 0.15) is 18.5 Å². The lowest BCUT2D eigenvalue weighted by atomic mass is 10.1. The molecule has 144 valence electrons. The van der Waals surface area contributed by atoms with E-state index in [4.69, 9.17) is 14.2 Å². The Kier molecular flexibility index (Phi) is 5.19. The van der Waals surface area contributed by atoms with Gasteiger partial charge in [0.05, 0.1) is 18.1 Å². The Balaban J connectivity index is 1.87. The molecular weight excluding hydrogens is 376 g/mol. The molecule has 1 heterocycles. The number of sulfonamides is 1. The minimum absolute atomic E-state index is 0.105. The van der Waals surface area contributed by atoms with Gasteiger partial charge in [-0.1, -0.05) is 6.07 Å². The average molecular weight is 394 g/mol. The summed E-state index contributed by atoms with van der Waals surface area (Å²) in [5.41, 5.74) is 0.425. The van der Waals surface area contributed by atoms with E-state index in [1.54, 1.807) is 25.1 Å². The topological polar surface area (TPSA) is 117 Å². The molecule has 0 bridgehead atoms. The van der Waals surface area contributed by atoms with E-state index in [1.807, 2.05) is 0 Å². The number of nitro groups is 1. The number of benzene rings is 2. The number of fused-ring (bicyclic) bond motifs is 1. The van der Waals surface area contributed by atoms with E-state index in [2.05, 4.69) is 4.72 Å². The predicted molar refractivity (Wildman–Crippen MR) is 95.8 cm³/mol. The van der Waals surface area contributed by atoms with Gasteiger partial charge in [-0.25, -0.2) is 13.1 Å². The molecule has 2 aromatic rings. The van der Waals surface area contributed by atoms with Crippen molar-refractivity contribution in [2.24, 2.45) is 0 Å². The van der Waals surface area contributed by atoms with E-state index in [9.17, 15) is 18.5 Å². The zero-order valence-corrected chi connectivity index (χ0v) is 15.5. The van der Waals surface area contributed by atoms with Gasteiger partial charge in [-0.3, -0.25) is 10.1 Å². The van der Waals surface area contributed by atoms with Crippen LogP contribution in [-0.2, 0) is 10.0 Å². The van der Waals surface area contributed by atoms with Crippen LogP contribution in [-0.4, -0.2) is 33.7 Å². The lowest BCUT2D eigenvalue weighted by molar-refractivity contribution is -0.385. The van der Waals surface area contributed by atoms with Gasteiger partial charge in [-0.05, 0) is 30.7 Å². The number of hydrogen-bond acceptors (Lipinski definition) is 7. The molecule has 1 aliphatic rings. The smallest absolute Gasteiger partial charge is 0.273 e. The van der Waals surface area contributed by atoms with Crippen LogP contribution < -0.4 is 18.9 Å². The molecule has 0 fully saturated rings. The molecule has 27 heavy (non-hydrogen) atoms. The monoisotopic (exact) mass is 394 g/mol. The van der Waals surface area contributed by atoms with Gasteiger partial charge in [0, 0.05) is 12.1 Å². The summed E-state index contributed by atoms with van der Waals surface area (Å²) in [4.78, 5) is 10.1. The number of nitro benzene ring substituents is 1. The molecule has 1 aliphatic heterocycles. The van der Waals surface area contributed by atoms with E-state index in [0.29, 0.717) is 30.3 Å². The standard InChI is InChI=1S/C17H18N2O7S/c1-11(12-3-5-14-15(9-12)26-8-7-25-14)18-27(22,23)17-6-4-13(19(20)21)10-16(17)24-2/h3-6,9-11,18H,7-8H2,1-2H3. The third-order valence-electron chi connectivity index (χ3n) is 4.05. The zero-order chi connectivity index (χ0) is 19.6. The minimum Gasteiger partial charge on any atom is -0.495 e. The Labute approximate surface area is 156 Å². The van der Waals surface area contributed by atoms with Crippen molar-refractivity contribution in [2.45, 2.75) is 17.9 Å². The second kappa shape index (κ2) is 7.41. The molecule has 0 spiro atoms. The third-order valence-corrected chi connectivity index (χ3v) is 5.63. The molecule has 0 saturated carbocycles. The normalized spacial score (nSPS) is 14.4. The number of methoxy groups -OCH3 is 1. The number of rotatable bonds is 6. The van der Waals surface area contributed by atoms with E-state index in [1.165, 1.54) is 7.11 Å². The SMILES string of the molecule is COc1cc([N+](=O)[O-])ccc1S(=O)(=O)NC(C)c1ccc2c(c1)OCCO2. The van der Waals surface area contributed by atoms with Crippen LogP contribution in [0.25, 0.3) is 0 Å². The van der Waals surface area contributed by atoms with Gasteiger partial charge >= 0.3 is 0 Å². The highest BCUT2D eigenvalue weighted by Gasteiger charge is 2.25. The molecule has 10 heteroatoms. The van der Waals surface area contributed by atoms with Crippen molar-refractivity contribution in [3.63, 3.8) is 0 Å². The second-order valence-corrected chi connectivity index (χ2v) is 7.52. The maximum absolute atomic E-state index is 12.7. The Hall–Kier alpha value is -2.85. The number of ether oxygens (including phenoxy) is 3. The van der Waals surface area contributed by atoms with Crippen molar-refractivity contribution >= 4 is 15.7 Å². The predicted octanol–water partition coefficient (Wildman–Crippen LogP) is 2.41. The van der Waals surface area contributed by atoms with Crippen LogP contribution in [0.4, 0.5) is 5.69 Å². The summed E-state index contributed by atoms with van der Waals surface area (Å²) in [5.74, 6) is 1.06. The fourth-order valence-corrected chi connectivity index (χ4v) is 4.07. The first kappa shape index (κ1) is 18.9. The Morgan fingerprint density at radius 1 is 1.15 bits per heavy atom. The summed E-state index contributed by atoms with van der Waals surface area (Å²) in [6, 6.07) is 7.94. The Morgan fingerprint density at radius 3 is 2.52 bits per heavy atom. The summed E-state index contributed by atoms with van der Waals surface area (Å²) in [5, 5.41) is 10.9. The summed E-state index contributed by atoms with van der Waals surface area (Å²) in [6.45, 7) is 2.58. The number of nitrogens with zero attached hydrogens (tertiary/aromatic N) is 1. The van der Waals surface area contributed by atoms with E-state index in [0.717, 1.165) is 18.2 Å². The van der Waals surface area contributed by atoms with Gasteiger partial charge in [0.2, 0.25) is 10.0 Å². The summed E-state index contributed by atoms with van der Waals surface area (Å²) < 4.78 is 44.0. The maximum atomic E-state index is 12.7. The molecule has 1 N–H and O–H groups in total. The highest BCUT2D eigenvalue weighted by Crippen LogP contribution is 2.34. The highest BCUT2D eigenvalue weighted by molar-refractivity contribution is 7.89. The number of hydrogen-bond donors (Lipinski definition) is 1. The van der Waals surface area contributed by atoms with Crippen LogP contribution >= 0.6 is 0 Å². The van der Waals surface area contributed by atoms with Crippen molar-refractivity contribution in [1.29, 1.82) is 0 Å². The molecule has 0 amide bonds. The van der Waals surface area contributed by atoms with Crippen molar-refractivity contribution < 1.29 is 27.6 Å². The maximum Gasteiger partial charge on any atom is 0.273 e. The quantitative estimate of drug-likeness (QED) is 0.590. The van der Waals surface area contributed by atoms with Gasteiger partial charge < -0.3 is 14.2 Å². The van der Waals surface area contributed by atoms with Gasteiger partial charge in [0.15, 0.2) is 11.5 Å². The molecule has 0 radical (unpaired) electrons. The first-order chi connectivity index (χ1) is 12.8. The molecule has 0 aromatic heterocycles. The third kappa shape index (κ3) is 3.96. The number of nitrogens with one attached hydrogen (secondary N) is 1. The molecular formula is C17H18N2O7S. The summed E-state index contributed by atoms with van der Waals surface area (Å²) in [6.07, 6.45) is 0. The molecule has 0 saturated heterocycles. The van der Waals surface area contributed by atoms with Crippen LogP contribution in [0.3, 0.4) is 0 Å². The molecule has 0 aliphatic carbocycles. The number of non-ortho nitro benzene ring substituents is 1. The van der Waals surface area contributed by atoms with Crippen molar-refractivity contribution in [3.05, 3.63) is 52.1 Å². The summed E-state index contributed by atoms with van der Waals surface area (Å²) in [7, 11) is -2.73. The van der Waals surface area contributed by atoms with Gasteiger partial charge in [-0.15, -0.1) is 0 Å². The van der Waals surface area contributed by atoms with Gasteiger partial charge in [0.1, 0.15) is 23.9 Å². The van der Waals surface area contributed by atoms with Crippen molar-refractivity contribution in [2.75, 3.05) is 20.3 Å². The van der Waals surface area contributed by atoms with Crippen molar-refractivity contribution in [3.8, 4) is 17.2 Å². The molecule has 1 atom stereocenters.